The first kappa shape index (κ1) is 32.7. The number of halogens is 3. The van der Waals surface area contributed by atoms with Gasteiger partial charge in [0.15, 0.2) is 5.69 Å². The van der Waals surface area contributed by atoms with Crippen molar-refractivity contribution in [2.45, 2.75) is 115 Å². The van der Waals surface area contributed by atoms with Crippen LogP contribution >= 0.6 is 0 Å². The summed E-state index contributed by atoms with van der Waals surface area (Å²) in [5.41, 5.74) is -1.46. The molecule has 4 fully saturated rings. The van der Waals surface area contributed by atoms with Gasteiger partial charge in [-0.15, -0.1) is 0 Å². The van der Waals surface area contributed by atoms with E-state index in [9.17, 15) is 36.6 Å². The van der Waals surface area contributed by atoms with E-state index in [0.717, 1.165) is 69.7 Å². The predicted octanol–water partition coefficient (Wildman–Crippen LogP) is 5.95. The van der Waals surface area contributed by atoms with Crippen molar-refractivity contribution in [3.05, 3.63) is 24.0 Å². The number of amides is 1. The quantitative estimate of drug-likeness (QED) is 0.344. The summed E-state index contributed by atoms with van der Waals surface area (Å²) in [5.74, 6) is 1.03. The molecule has 242 valence electrons. The molecular weight excluding hydrogens is 581 g/mol. The van der Waals surface area contributed by atoms with Gasteiger partial charge in [-0.2, -0.15) is 13.2 Å². The molecule has 0 aliphatic heterocycles. The smallest absolute Gasteiger partial charge is 0.393 e. The van der Waals surface area contributed by atoms with Crippen LogP contribution in [0.3, 0.4) is 0 Å². The van der Waals surface area contributed by atoms with E-state index in [1.807, 2.05) is 4.72 Å². The van der Waals surface area contributed by atoms with E-state index in [2.05, 4.69) is 32.7 Å². The zero-order valence-corrected chi connectivity index (χ0v) is 26.4. The minimum Gasteiger partial charge on any atom is -0.393 e. The molecule has 1 heterocycles. The van der Waals surface area contributed by atoms with E-state index in [-0.39, 0.29) is 41.1 Å². The third kappa shape index (κ3) is 5.64. The van der Waals surface area contributed by atoms with Crippen molar-refractivity contribution >= 4 is 15.9 Å². The Balaban J connectivity index is 1.27. The highest BCUT2D eigenvalue weighted by molar-refractivity contribution is 7.90. The number of alkyl halides is 3. The van der Waals surface area contributed by atoms with Crippen LogP contribution in [0.5, 0.6) is 0 Å². The molecule has 11 heteroatoms. The van der Waals surface area contributed by atoms with Crippen molar-refractivity contribution in [2.24, 2.45) is 52.3 Å². The van der Waals surface area contributed by atoms with Crippen LogP contribution in [-0.2, 0) is 21.0 Å². The minimum atomic E-state index is -4.98. The number of nitrogens with one attached hydrogen (secondary N) is 1. The Labute approximate surface area is 253 Å². The number of carbonyl (C=O) groups excluding carboxylic acids is 1. The second kappa shape index (κ2) is 11.6. The fraction of sp³-hybridized carbons (Fsp3) is 0.812. The number of aromatic nitrogens is 1. The predicted molar refractivity (Wildman–Crippen MR) is 155 cm³/mol. The third-order valence-electron chi connectivity index (χ3n) is 12.6. The van der Waals surface area contributed by atoms with Gasteiger partial charge in [-0.3, -0.25) is 9.78 Å². The second-order valence-corrected chi connectivity index (χ2v) is 16.2. The number of hydrogen-bond acceptors (Lipinski definition) is 6. The lowest BCUT2D eigenvalue weighted by atomic mass is 9.41. The van der Waals surface area contributed by atoms with Crippen LogP contribution in [0, 0.1) is 52.3 Å². The van der Waals surface area contributed by atoms with E-state index in [1.54, 1.807) is 0 Å². The lowest BCUT2D eigenvalue weighted by Gasteiger charge is -2.64. The highest BCUT2D eigenvalue weighted by Gasteiger charge is 2.64. The molecule has 5 rings (SSSR count). The van der Waals surface area contributed by atoms with Gasteiger partial charge in [0.05, 0.1) is 12.2 Å². The fourth-order valence-corrected chi connectivity index (χ4v) is 11.8. The molecule has 0 bridgehead atoms. The molecule has 0 aromatic carbocycles. The average molecular weight is 629 g/mol. The minimum absolute atomic E-state index is 0.0168. The van der Waals surface area contributed by atoms with Crippen LogP contribution in [-0.4, -0.2) is 41.7 Å². The maximum absolute atomic E-state index is 13.3. The average Bonchev–Trinajstić information content (AvgIpc) is 3.29. The van der Waals surface area contributed by atoms with Crippen molar-refractivity contribution < 1.29 is 36.6 Å². The molecule has 4 aliphatic carbocycles. The first-order valence-electron chi connectivity index (χ1n) is 16.0. The summed E-state index contributed by atoms with van der Waals surface area (Å²) >= 11 is 0. The van der Waals surface area contributed by atoms with E-state index >= 15 is 0 Å². The van der Waals surface area contributed by atoms with Gasteiger partial charge < -0.3 is 10.2 Å². The first-order valence-corrected chi connectivity index (χ1v) is 17.5. The zero-order chi connectivity index (χ0) is 31.5. The van der Waals surface area contributed by atoms with Crippen LogP contribution in [0.15, 0.2) is 23.2 Å². The number of rotatable bonds is 7. The van der Waals surface area contributed by atoms with Crippen molar-refractivity contribution in [1.29, 1.82) is 0 Å². The molecule has 0 radical (unpaired) electrons. The summed E-state index contributed by atoms with van der Waals surface area (Å²) in [4.78, 5) is 14.8. The Morgan fingerprint density at radius 3 is 2.44 bits per heavy atom. The number of carbonyl (C=O) groups is 1. The molecule has 0 saturated heterocycles. The molecule has 43 heavy (non-hydrogen) atoms. The SMILES string of the molecule is CC[C@H]1C(O)C2C3CC[C@H]([C@H](C)CCC(=O)NS(=O)(=O)c4cccnc4C(F)(F)F)[C@@]3(C)CCC2[C@@]2(C)CC[C@@H](O)C[C@@H]12. The maximum Gasteiger partial charge on any atom is 0.434 e. The summed E-state index contributed by atoms with van der Waals surface area (Å²) in [6.07, 6.45) is 3.01. The van der Waals surface area contributed by atoms with Crippen molar-refractivity contribution in [3.63, 3.8) is 0 Å². The molecule has 1 aromatic rings. The van der Waals surface area contributed by atoms with Crippen molar-refractivity contribution in [2.75, 3.05) is 0 Å². The van der Waals surface area contributed by atoms with E-state index in [0.29, 0.717) is 30.1 Å². The largest absolute Gasteiger partial charge is 0.434 e. The van der Waals surface area contributed by atoms with Crippen LogP contribution in [0.25, 0.3) is 0 Å². The molecule has 1 aromatic heterocycles. The van der Waals surface area contributed by atoms with Gasteiger partial charge in [-0.05, 0) is 116 Å². The normalized spacial score (nSPS) is 40.2. The van der Waals surface area contributed by atoms with Gasteiger partial charge in [0, 0.05) is 12.6 Å². The number of aliphatic hydroxyl groups excluding tert-OH is 2. The van der Waals surface area contributed by atoms with Crippen LogP contribution in [0.4, 0.5) is 13.2 Å². The van der Waals surface area contributed by atoms with Gasteiger partial charge in [-0.25, -0.2) is 13.1 Å². The summed E-state index contributed by atoms with van der Waals surface area (Å²) < 4.78 is 67.2. The summed E-state index contributed by atoms with van der Waals surface area (Å²) in [6, 6.07) is 1.89. The molecular formula is C32H47F3N2O5S. The Hall–Kier alpha value is -1.72. The van der Waals surface area contributed by atoms with Crippen LogP contribution < -0.4 is 4.72 Å². The summed E-state index contributed by atoms with van der Waals surface area (Å²) in [7, 11) is -4.74. The Bertz CT molecular complexity index is 1310. The maximum atomic E-state index is 13.3. The molecule has 7 nitrogen and oxygen atoms in total. The molecule has 1 amide bonds. The van der Waals surface area contributed by atoms with Crippen LogP contribution in [0.2, 0.25) is 0 Å². The Kier molecular flexibility index (Phi) is 8.79. The number of nitrogens with zero attached hydrogens (tertiary/aromatic N) is 1. The van der Waals surface area contributed by atoms with Gasteiger partial charge in [0.1, 0.15) is 4.90 Å². The number of sulfonamides is 1. The molecule has 0 spiro atoms. The summed E-state index contributed by atoms with van der Waals surface area (Å²) in [5, 5.41) is 22.4. The topological polar surface area (TPSA) is 117 Å². The number of hydrogen-bond donors (Lipinski definition) is 3. The Morgan fingerprint density at radius 2 is 1.77 bits per heavy atom. The zero-order valence-electron chi connectivity index (χ0n) is 25.6. The van der Waals surface area contributed by atoms with Crippen molar-refractivity contribution in [1.82, 2.24) is 9.71 Å². The molecule has 4 saturated carbocycles. The second-order valence-electron chi connectivity index (χ2n) is 14.5. The standard InChI is InChI=1S/C32H47F3N2O5S/c1-5-20-24-17-19(38)12-14-31(24,4)23-13-15-30(3)21(9-10-22(30)27(23)28(20)40)18(2)8-11-26(39)37-43(41,42)25-7-6-16-36-29(25)32(33,34)35/h6-7,16,18-24,27-28,38,40H,5,8-15,17H2,1-4H3,(H,37,39)/t18-,19-,20-,21-,22?,23?,24+,27?,28?,30-,31-/m1/s1. The number of fused-ring (bicyclic) bond motifs is 5. The van der Waals surface area contributed by atoms with Crippen molar-refractivity contribution in [3.8, 4) is 0 Å². The first-order chi connectivity index (χ1) is 20.0. The van der Waals surface area contributed by atoms with Gasteiger partial charge in [0.2, 0.25) is 5.91 Å². The summed E-state index contributed by atoms with van der Waals surface area (Å²) in [6.45, 7) is 8.98. The lowest BCUT2D eigenvalue weighted by Crippen LogP contribution is -2.62. The highest BCUT2D eigenvalue weighted by Crippen LogP contribution is 2.69. The van der Waals surface area contributed by atoms with E-state index < -0.39 is 38.8 Å². The number of aliphatic hydroxyl groups is 2. The van der Waals surface area contributed by atoms with E-state index in [4.69, 9.17) is 0 Å². The monoisotopic (exact) mass is 628 g/mol. The number of pyridine rings is 1. The molecule has 3 N–H and O–H groups in total. The van der Waals surface area contributed by atoms with Gasteiger partial charge in [-0.1, -0.05) is 34.1 Å². The lowest BCUT2D eigenvalue weighted by molar-refractivity contribution is -0.203. The van der Waals surface area contributed by atoms with E-state index in [1.165, 1.54) is 0 Å². The molecule has 11 atom stereocenters. The van der Waals surface area contributed by atoms with Gasteiger partial charge >= 0.3 is 6.18 Å². The Morgan fingerprint density at radius 1 is 1.09 bits per heavy atom. The van der Waals surface area contributed by atoms with Gasteiger partial charge in [0.25, 0.3) is 10.0 Å². The van der Waals surface area contributed by atoms with Crippen LogP contribution in [0.1, 0.15) is 97.6 Å². The fourth-order valence-electron chi connectivity index (χ4n) is 10.6. The molecule has 4 aliphatic rings. The molecule has 4 unspecified atom stereocenters. The third-order valence-corrected chi connectivity index (χ3v) is 14.0. The highest BCUT2D eigenvalue weighted by atomic mass is 32.2.